The molecule has 2 rings (SSSR count). The summed E-state index contributed by atoms with van der Waals surface area (Å²) in [6.07, 6.45) is 1.35. The Bertz CT molecular complexity index is 839. The maximum Gasteiger partial charge on any atom is 0.337 e. The van der Waals surface area contributed by atoms with Gasteiger partial charge < -0.3 is 4.74 Å². The van der Waals surface area contributed by atoms with Gasteiger partial charge in [0.2, 0.25) is 0 Å². The van der Waals surface area contributed by atoms with E-state index in [2.05, 4.69) is 15.3 Å². The number of rotatable bonds is 4. The fourth-order valence-electron chi connectivity index (χ4n) is 1.82. The average Bonchev–Trinajstić information content (AvgIpc) is 2.61. The maximum absolute atomic E-state index is 13.7. The van der Waals surface area contributed by atoms with Gasteiger partial charge in [0.15, 0.2) is 0 Å². The third kappa shape index (κ3) is 4.01. The summed E-state index contributed by atoms with van der Waals surface area (Å²) in [6.45, 7) is 0. The van der Waals surface area contributed by atoms with Crippen LogP contribution in [0.25, 0.3) is 0 Å². The predicted octanol–water partition coefficient (Wildman–Crippen LogP) is 2.25. The second-order valence-corrected chi connectivity index (χ2v) is 4.62. The SMILES string of the molecule is COC(=O)c1ccc(/C=N\NC(=O)c2ccc(C#N)cc2F)cc1. The molecule has 24 heavy (non-hydrogen) atoms. The normalized spacial score (nSPS) is 10.2. The summed E-state index contributed by atoms with van der Waals surface area (Å²) in [7, 11) is 1.29. The van der Waals surface area contributed by atoms with Crippen molar-refractivity contribution < 1.29 is 18.7 Å². The summed E-state index contributed by atoms with van der Waals surface area (Å²) in [5.41, 5.74) is 3.11. The largest absolute Gasteiger partial charge is 0.465 e. The number of amides is 1. The number of halogens is 1. The van der Waals surface area contributed by atoms with Crippen LogP contribution in [0.5, 0.6) is 0 Å². The Morgan fingerprint density at radius 1 is 1.25 bits per heavy atom. The molecule has 0 aliphatic heterocycles. The van der Waals surface area contributed by atoms with Crippen molar-refractivity contribution in [2.45, 2.75) is 0 Å². The van der Waals surface area contributed by atoms with Gasteiger partial charge in [-0.25, -0.2) is 14.6 Å². The number of hydrazone groups is 1. The zero-order valence-corrected chi connectivity index (χ0v) is 12.6. The summed E-state index contributed by atoms with van der Waals surface area (Å²) in [4.78, 5) is 23.1. The number of benzene rings is 2. The number of esters is 1. The number of nitrogens with one attached hydrogen (secondary N) is 1. The molecule has 2 aromatic rings. The van der Waals surface area contributed by atoms with Crippen molar-refractivity contribution in [1.82, 2.24) is 5.43 Å². The Hall–Kier alpha value is -3.53. The molecule has 1 N–H and O–H groups in total. The van der Waals surface area contributed by atoms with Crippen molar-refractivity contribution in [3.63, 3.8) is 0 Å². The van der Waals surface area contributed by atoms with E-state index in [1.54, 1.807) is 30.3 Å². The van der Waals surface area contributed by atoms with Crippen LogP contribution in [0.15, 0.2) is 47.6 Å². The highest BCUT2D eigenvalue weighted by Crippen LogP contribution is 2.10. The quantitative estimate of drug-likeness (QED) is 0.530. The van der Waals surface area contributed by atoms with Crippen molar-refractivity contribution in [2.24, 2.45) is 5.10 Å². The number of nitrogens with zero attached hydrogens (tertiary/aromatic N) is 2. The Balaban J connectivity index is 2.02. The molecule has 0 saturated heterocycles. The minimum Gasteiger partial charge on any atom is -0.465 e. The van der Waals surface area contributed by atoms with E-state index in [1.165, 1.54) is 25.5 Å². The van der Waals surface area contributed by atoms with Crippen molar-refractivity contribution in [2.75, 3.05) is 7.11 Å². The van der Waals surface area contributed by atoms with Crippen LogP contribution in [0, 0.1) is 17.1 Å². The molecule has 0 aromatic heterocycles. The fraction of sp³-hybridized carbons (Fsp3) is 0.0588. The van der Waals surface area contributed by atoms with E-state index in [9.17, 15) is 14.0 Å². The molecular formula is C17H12FN3O3. The van der Waals surface area contributed by atoms with Gasteiger partial charge in [-0.15, -0.1) is 0 Å². The van der Waals surface area contributed by atoms with Crippen LogP contribution in [0.4, 0.5) is 4.39 Å². The van der Waals surface area contributed by atoms with Gasteiger partial charge >= 0.3 is 5.97 Å². The molecule has 0 aliphatic carbocycles. The lowest BCUT2D eigenvalue weighted by Crippen LogP contribution is -2.19. The molecule has 0 saturated carbocycles. The van der Waals surface area contributed by atoms with Crippen LogP contribution >= 0.6 is 0 Å². The van der Waals surface area contributed by atoms with Gasteiger partial charge in [0, 0.05) is 0 Å². The molecule has 6 nitrogen and oxygen atoms in total. The van der Waals surface area contributed by atoms with E-state index < -0.39 is 17.7 Å². The minimum atomic E-state index is -0.802. The number of hydrogen-bond donors (Lipinski definition) is 1. The second-order valence-electron chi connectivity index (χ2n) is 4.62. The van der Waals surface area contributed by atoms with E-state index in [0.717, 1.165) is 6.07 Å². The van der Waals surface area contributed by atoms with Crippen molar-refractivity contribution in [3.05, 3.63) is 70.5 Å². The fourth-order valence-corrected chi connectivity index (χ4v) is 1.82. The third-order valence-corrected chi connectivity index (χ3v) is 3.05. The number of carbonyl (C=O) groups excluding carboxylic acids is 2. The molecule has 0 unspecified atom stereocenters. The molecule has 2 aromatic carbocycles. The summed E-state index contributed by atoms with van der Waals surface area (Å²) in [5, 5.41) is 12.4. The number of ether oxygens (including phenoxy) is 1. The van der Waals surface area contributed by atoms with Crippen molar-refractivity contribution in [3.8, 4) is 6.07 Å². The first kappa shape index (κ1) is 16.8. The van der Waals surface area contributed by atoms with Gasteiger partial charge in [-0.1, -0.05) is 12.1 Å². The van der Waals surface area contributed by atoms with Gasteiger partial charge in [-0.05, 0) is 35.9 Å². The highest BCUT2D eigenvalue weighted by atomic mass is 19.1. The predicted molar refractivity (Wildman–Crippen MR) is 84.0 cm³/mol. The van der Waals surface area contributed by atoms with Crippen LogP contribution in [-0.2, 0) is 4.74 Å². The maximum atomic E-state index is 13.7. The Morgan fingerprint density at radius 2 is 1.96 bits per heavy atom. The number of nitriles is 1. The van der Waals surface area contributed by atoms with Gasteiger partial charge in [0.05, 0.1) is 36.1 Å². The first-order valence-corrected chi connectivity index (χ1v) is 6.76. The van der Waals surface area contributed by atoms with Crippen molar-refractivity contribution in [1.29, 1.82) is 5.26 Å². The topological polar surface area (TPSA) is 91.5 Å². The summed E-state index contributed by atoms with van der Waals surface area (Å²) in [6, 6.07) is 11.6. The lowest BCUT2D eigenvalue weighted by atomic mass is 10.1. The standard InChI is InChI=1S/C17H12FN3O3/c1-24-17(23)13-5-2-11(3-6-13)10-20-21-16(22)14-7-4-12(9-19)8-15(14)18/h2-8,10H,1H3,(H,21,22)/b20-10-. The number of carbonyl (C=O) groups is 2. The molecule has 0 heterocycles. The number of hydrogen-bond acceptors (Lipinski definition) is 5. The molecular weight excluding hydrogens is 313 g/mol. The van der Waals surface area contributed by atoms with Gasteiger partial charge in [-0.3, -0.25) is 4.79 Å². The Morgan fingerprint density at radius 3 is 2.54 bits per heavy atom. The van der Waals surface area contributed by atoms with Crippen LogP contribution < -0.4 is 5.43 Å². The molecule has 0 aliphatic rings. The Labute approximate surface area is 137 Å². The summed E-state index contributed by atoms with van der Waals surface area (Å²) in [5.74, 6) is -1.99. The third-order valence-electron chi connectivity index (χ3n) is 3.05. The molecule has 120 valence electrons. The Kier molecular flexibility index (Phi) is 5.36. The van der Waals surface area contributed by atoms with Crippen LogP contribution in [0.2, 0.25) is 0 Å². The van der Waals surface area contributed by atoms with E-state index in [1.807, 2.05) is 0 Å². The van der Waals surface area contributed by atoms with Gasteiger partial charge in [0.25, 0.3) is 5.91 Å². The highest BCUT2D eigenvalue weighted by molar-refractivity contribution is 5.95. The summed E-state index contributed by atoms with van der Waals surface area (Å²) >= 11 is 0. The lowest BCUT2D eigenvalue weighted by Gasteiger charge is -2.02. The van der Waals surface area contributed by atoms with E-state index in [-0.39, 0.29) is 11.1 Å². The highest BCUT2D eigenvalue weighted by Gasteiger charge is 2.11. The zero-order valence-electron chi connectivity index (χ0n) is 12.6. The van der Waals surface area contributed by atoms with Crippen LogP contribution in [0.3, 0.4) is 0 Å². The van der Waals surface area contributed by atoms with Crippen molar-refractivity contribution >= 4 is 18.1 Å². The molecule has 7 heteroatoms. The first-order valence-electron chi connectivity index (χ1n) is 6.76. The molecule has 0 bridgehead atoms. The van der Waals surface area contributed by atoms with E-state index >= 15 is 0 Å². The van der Waals surface area contributed by atoms with Crippen LogP contribution in [-0.4, -0.2) is 25.2 Å². The molecule has 0 atom stereocenters. The lowest BCUT2D eigenvalue weighted by molar-refractivity contribution is 0.0600. The minimum absolute atomic E-state index is 0.123. The van der Waals surface area contributed by atoms with E-state index in [4.69, 9.17) is 5.26 Å². The monoisotopic (exact) mass is 325 g/mol. The molecule has 0 spiro atoms. The molecule has 0 fully saturated rings. The molecule has 1 amide bonds. The smallest absolute Gasteiger partial charge is 0.337 e. The zero-order chi connectivity index (χ0) is 17.5. The van der Waals surface area contributed by atoms with Gasteiger partial charge in [-0.2, -0.15) is 10.4 Å². The second kappa shape index (κ2) is 7.65. The average molecular weight is 325 g/mol. The number of methoxy groups -OCH3 is 1. The van der Waals surface area contributed by atoms with Gasteiger partial charge in [0.1, 0.15) is 5.82 Å². The van der Waals surface area contributed by atoms with E-state index in [0.29, 0.717) is 11.1 Å². The van der Waals surface area contributed by atoms with Crippen LogP contribution in [0.1, 0.15) is 31.8 Å². The first-order chi connectivity index (χ1) is 11.5. The summed E-state index contributed by atoms with van der Waals surface area (Å²) < 4.78 is 18.3. The molecule has 0 radical (unpaired) electrons.